The first-order valence-corrected chi connectivity index (χ1v) is 8.02. The highest BCUT2D eigenvalue weighted by Gasteiger charge is 2.12. The van der Waals surface area contributed by atoms with Crippen LogP contribution in [0, 0.1) is 3.57 Å². The molecule has 0 aliphatic carbocycles. The number of benzene rings is 1. The third-order valence-corrected chi connectivity index (χ3v) is 4.52. The normalized spacial score (nSPS) is 10.7. The Morgan fingerprint density at radius 1 is 1.47 bits per heavy atom. The molecule has 0 amide bonds. The van der Waals surface area contributed by atoms with Gasteiger partial charge in [-0.15, -0.1) is 0 Å². The molecule has 0 saturated carbocycles. The van der Waals surface area contributed by atoms with Crippen LogP contribution in [0.15, 0.2) is 27.5 Å². The number of nitrogens with zero attached hydrogens (tertiary/aromatic N) is 1. The minimum Gasteiger partial charge on any atom is -0.306 e. The minimum atomic E-state index is -0.118. The zero-order chi connectivity index (χ0) is 14.0. The van der Waals surface area contributed by atoms with E-state index in [0.29, 0.717) is 14.4 Å². The first kappa shape index (κ1) is 15.0. The second kappa shape index (κ2) is 6.37. The maximum atomic E-state index is 11.9. The van der Waals surface area contributed by atoms with Crippen molar-refractivity contribution >= 4 is 50.1 Å². The fourth-order valence-electron chi connectivity index (χ4n) is 1.72. The molecule has 3 nitrogen and oxygen atoms in total. The molecular formula is C13H11BrClIN2O. The van der Waals surface area contributed by atoms with E-state index in [-0.39, 0.29) is 5.56 Å². The molecule has 1 aromatic heterocycles. The molecule has 1 aromatic carbocycles. The average molecular weight is 454 g/mol. The second-order valence-corrected chi connectivity index (χ2v) is 6.45. The van der Waals surface area contributed by atoms with E-state index in [1.807, 2.05) is 34.7 Å². The third-order valence-electron chi connectivity index (χ3n) is 2.60. The van der Waals surface area contributed by atoms with Crippen molar-refractivity contribution in [1.29, 1.82) is 0 Å². The molecule has 0 bridgehead atoms. The highest BCUT2D eigenvalue weighted by molar-refractivity contribution is 14.1. The van der Waals surface area contributed by atoms with Gasteiger partial charge in [0.1, 0.15) is 5.82 Å². The second-order valence-electron chi connectivity index (χ2n) is 4.05. The maximum absolute atomic E-state index is 11.9. The Morgan fingerprint density at radius 2 is 2.21 bits per heavy atom. The van der Waals surface area contributed by atoms with Crippen molar-refractivity contribution < 1.29 is 0 Å². The van der Waals surface area contributed by atoms with Gasteiger partial charge in [0.05, 0.1) is 14.3 Å². The molecule has 1 N–H and O–H groups in total. The Kier molecular flexibility index (Phi) is 5.03. The van der Waals surface area contributed by atoms with Crippen LogP contribution in [0.25, 0.3) is 11.4 Å². The van der Waals surface area contributed by atoms with E-state index in [9.17, 15) is 4.79 Å². The van der Waals surface area contributed by atoms with Crippen LogP contribution in [0.1, 0.15) is 19.0 Å². The predicted molar refractivity (Wildman–Crippen MR) is 89.7 cm³/mol. The van der Waals surface area contributed by atoms with Crippen LogP contribution in [0.4, 0.5) is 0 Å². The van der Waals surface area contributed by atoms with Gasteiger partial charge in [-0.25, -0.2) is 4.98 Å². The van der Waals surface area contributed by atoms with Gasteiger partial charge in [-0.2, -0.15) is 0 Å². The Balaban J connectivity index is 2.59. The minimum absolute atomic E-state index is 0.118. The molecule has 19 heavy (non-hydrogen) atoms. The van der Waals surface area contributed by atoms with Crippen molar-refractivity contribution in [3.05, 3.63) is 47.3 Å². The number of aromatic amines is 1. The van der Waals surface area contributed by atoms with Crippen molar-refractivity contribution in [3.8, 4) is 11.4 Å². The summed E-state index contributed by atoms with van der Waals surface area (Å²) in [4.78, 5) is 19.2. The smallest absolute Gasteiger partial charge is 0.264 e. The summed E-state index contributed by atoms with van der Waals surface area (Å²) in [6.45, 7) is 2.06. The molecule has 6 heteroatoms. The number of H-pyrrole nitrogens is 1. The molecule has 0 aliphatic heterocycles. The Bertz CT molecular complexity index is 672. The highest BCUT2D eigenvalue weighted by atomic mass is 127. The van der Waals surface area contributed by atoms with Crippen LogP contribution in [-0.4, -0.2) is 9.97 Å². The number of halogens is 3. The van der Waals surface area contributed by atoms with E-state index < -0.39 is 0 Å². The van der Waals surface area contributed by atoms with Crippen LogP contribution in [-0.2, 0) is 6.42 Å². The summed E-state index contributed by atoms with van der Waals surface area (Å²) < 4.78 is 1.54. The van der Waals surface area contributed by atoms with E-state index in [2.05, 4.69) is 32.8 Å². The Morgan fingerprint density at radius 3 is 2.84 bits per heavy atom. The highest BCUT2D eigenvalue weighted by Crippen LogP contribution is 2.28. The quantitative estimate of drug-likeness (QED) is 0.700. The zero-order valence-electron chi connectivity index (χ0n) is 10.1. The first-order valence-electron chi connectivity index (χ1n) is 5.77. The van der Waals surface area contributed by atoms with Gasteiger partial charge >= 0.3 is 0 Å². The number of aryl methyl sites for hydroxylation is 1. The lowest BCUT2D eigenvalue weighted by atomic mass is 10.2. The summed E-state index contributed by atoms with van der Waals surface area (Å²) in [5.41, 5.74) is 1.43. The molecule has 100 valence electrons. The van der Waals surface area contributed by atoms with Gasteiger partial charge in [-0.1, -0.05) is 40.9 Å². The third kappa shape index (κ3) is 3.38. The topological polar surface area (TPSA) is 45.8 Å². The molecule has 0 spiro atoms. The predicted octanol–water partition coefficient (Wildman–Crippen LogP) is 4.41. The van der Waals surface area contributed by atoms with Crippen molar-refractivity contribution in [2.45, 2.75) is 19.8 Å². The zero-order valence-corrected chi connectivity index (χ0v) is 14.6. The molecule has 0 fully saturated rings. The van der Waals surface area contributed by atoms with Crippen molar-refractivity contribution in [1.82, 2.24) is 9.97 Å². The lowest BCUT2D eigenvalue weighted by molar-refractivity contribution is 0.860. The molecule has 2 rings (SSSR count). The average Bonchev–Trinajstić information content (AvgIpc) is 2.35. The van der Waals surface area contributed by atoms with Gasteiger partial charge in [-0.05, 0) is 47.2 Å². The lowest BCUT2D eigenvalue weighted by Crippen LogP contribution is -2.16. The van der Waals surface area contributed by atoms with Crippen LogP contribution < -0.4 is 5.56 Å². The SMILES string of the molecule is CCCc1nc(-c2ccc(Br)cc2Cl)[nH]c(=O)c1I. The van der Waals surface area contributed by atoms with Gasteiger partial charge in [0.2, 0.25) is 0 Å². The van der Waals surface area contributed by atoms with Gasteiger partial charge in [0.25, 0.3) is 5.56 Å². The maximum Gasteiger partial charge on any atom is 0.264 e. The largest absolute Gasteiger partial charge is 0.306 e. The van der Waals surface area contributed by atoms with E-state index in [4.69, 9.17) is 11.6 Å². The summed E-state index contributed by atoms with van der Waals surface area (Å²) in [5, 5.41) is 0.557. The first-order chi connectivity index (χ1) is 9.02. The summed E-state index contributed by atoms with van der Waals surface area (Å²) >= 11 is 11.6. The van der Waals surface area contributed by atoms with Crippen LogP contribution in [0.2, 0.25) is 5.02 Å². The Labute approximate surface area is 138 Å². The van der Waals surface area contributed by atoms with E-state index >= 15 is 0 Å². The molecule has 0 aliphatic rings. The number of rotatable bonds is 3. The lowest BCUT2D eigenvalue weighted by Gasteiger charge is -2.07. The fourth-order valence-corrected chi connectivity index (χ4v) is 3.01. The van der Waals surface area contributed by atoms with Gasteiger partial charge in [0.15, 0.2) is 0 Å². The summed E-state index contributed by atoms with van der Waals surface area (Å²) in [6, 6.07) is 5.50. The standard InChI is InChI=1S/C13H11BrClIN2O/c1-2-3-10-11(16)13(19)18-12(17-10)8-5-4-7(14)6-9(8)15/h4-6H,2-3H2,1H3,(H,17,18,19). The van der Waals surface area contributed by atoms with Gasteiger partial charge in [-0.3, -0.25) is 4.79 Å². The van der Waals surface area contributed by atoms with Crippen molar-refractivity contribution in [2.75, 3.05) is 0 Å². The number of hydrogen-bond acceptors (Lipinski definition) is 2. The van der Waals surface area contributed by atoms with E-state index in [1.165, 1.54) is 0 Å². The van der Waals surface area contributed by atoms with E-state index in [0.717, 1.165) is 28.6 Å². The number of nitrogens with one attached hydrogen (secondary N) is 1. The van der Waals surface area contributed by atoms with E-state index in [1.54, 1.807) is 6.07 Å². The van der Waals surface area contributed by atoms with Gasteiger partial charge < -0.3 is 4.98 Å². The summed E-state index contributed by atoms with van der Waals surface area (Å²) in [6.07, 6.45) is 1.73. The number of aromatic nitrogens is 2. The molecule has 0 unspecified atom stereocenters. The van der Waals surface area contributed by atoms with Crippen LogP contribution in [0.3, 0.4) is 0 Å². The molecule has 0 atom stereocenters. The van der Waals surface area contributed by atoms with Crippen molar-refractivity contribution in [2.24, 2.45) is 0 Å². The molecule has 1 heterocycles. The fraction of sp³-hybridized carbons (Fsp3) is 0.231. The number of hydrogen-bond donors (Lipinski definition) is 1. The van der Waals surface area contributed by atoms with Crippen molar-refractivity contribution in [3.63, 3.8) is 0 Å². The van der Waals surface area contributed by atoms with Crippen LogP contribution in [0.5, 0.6) is 0 Å². The molecule has 0 radical (unpaired) electrons. The molecule has 0 saturated heterocycles. The summed E-state index contributed by atoms with van der Waals surface area (Å²) in [7, 11) is 0. The Hall–Kier alpha value is -0.400. The van der Waals surface area contributed by atoms with Crippen LogP contribution >= 0.6 is 50.1 Å². The molecular weight excluding hydrogens is 442 g/mol. The monoisotopic (exact) mass is 452 g/mol. The molecule has 2 aromatic rings. The summed E-state index contributed by atoms with van der Waals surface area (Å²) in [5.74, 6) is 0.520. The van der Waals surface area contributed by atoms with Gasteiger partial charge in [0, 0.05) is 10.0 Å².